The normalized spacial score (nSPS) is 14.8. The number of carbonyl (C=O) groups excluding carboxylic acids is 1. The smallest absolute Gasteiger partial charge is 0.448 e. The second-order valence-corrected chi connectivity index (χ2v) is 6.12. The van der Waals surface area contributed by atoms with E-state index in [9.17, 15) is 61.9 Å². The molecule has 30 heavy (non-hydrogen) atoms. The van der Waals surface area contributed by atoms with E-state index in [1.54, 1.807) is 0 Å². The number of alkyl carbamates (subject to hydrolysis) is 1. The van der Waals surface area contributed by atoms with Crippen LogP contribution in [0.2, 0.25) is 0 Å². The van der Waals surface area contributed by atoms with Gasteiger partial charge in [-0.1, -0.05) is 0 Å². The standard InChI is InChI=1S/C13H15F13N2O2/c1-28(2)5-6-30-7(29)27-4-3-8(14,15)9(16,17)10(18,19)11(20,21)12(22,23)13(24,25)26/h3-6H2,1-2H3,(H,27,29). The third-order valence-electron chi connectivity index (χ3n) is 3.48. The first-order valence-electron chi connectivity index (χ1n) is 7.57. The van der Waals surface area contributed by atoms with Crippen molar-refractivity contribution in [2.24, 2.45) is 0 Å². The van der Waals surface area contributed by atoms with Gasteiger partial charge in [-0.2, -0.15) is 57.1 Å². The Kier molecular flexibility index (Phi) is 8.33. The van der Waals surface area contributed by atoms with Crippen molar-refractivity contribution in [2.45, 2.75) is 42.2 Å². The van der Waals surface area contributed by atoms with Crippen LogP contribution < -0.4 is 5.32 Å². The van der Waals surface area contributed by atoms with Gasteiger partial charge in [-0.25, -0.2) is 4.79 Å². The van der Waals surface area contributed by atoms with Crippen molar-refractivity contribution in [1.82, 2.24) is 10.2 Å². The first-order valence-corrected chi connectivity index (χ1v) is 7.57. The fraction of sp³-hybridized carbons (Fsp3) is 0.923. The summed E-state index contributed by atoms with van der Waals surface area (Å²) in [5, 5.41) is 1.38. The summed E-state index contributed by atoms with van der Waals surface area (Å²) in [5.41, 5.74) is 0. The Hall–Kier alpha value is -1.68. The zero-order chi connectivity index (χ0) is 24.4. The zero-order valence-corrected chi connectivity index (χ0v) is 15.0. The molecule has 0 saturated heterocycles. The summed E-state index contributed by atoms with van der Waals surface area (Å²) in [6.07, 6.45) is -11.5. The van der Waals surface area contributed by atoms with Gasteiger partial charge in [0.25, 0.3) is 0 Å². The lowest BCUT2D eigenvalue weighted by molar-refractivity contribution is -0.440. The van der Waals surface area contributed by atoms with Crippen LogP contribution in [0.3, 0.4) is 0 Å². The fourth-order valence-corrected chi connectivity index (χ4v) is 1.65. The Bertz CT molecular complexity index is 590. The van der Waals surface area contributed by atoms with E-state index in [2.05, 4.69) is 4.74 Å². The predicted octanol–water partition coefficient (Wildman–Crippen LogP) is 4.40. The van der Waals surface area contributed by atoms with Gasteiger partial charge in [0, 0.05) is 19.5 Å². The predicted molar refractivity (Wildman–Crippen MR) is 73.3 cm³/mol. The summed E-state index contributed by atoms with van der Waals surface area (Å²) in [6, 6.07) is 0. The topological polar surface area (TPSA) is 41.6 Å². The van der Waals surface area contributed by atoms with Gasteiger partial charge in [-0.05, 0) is 14.1 Å². The van der Waals surface area contributed by atoms with Crippen LogP contribution in [0.1, 0.15) is 6.42 Å². The number of halogens is 13. The molecule has 0 spiro atoms. The van der Waals surface area contributed by atoms with Crippen molar-refractivity contribution in [3.05, 3.63) is 0 Å². The van der Waals surface area contributed by atoms with Gasteiger partial charge >= 0.3 is 41.9 Å². The number of nitrogens with one attached hydrogen (secondary N) is 1. The van der Waals surface area contributed by atoms with E-state index in [0.717, 1.165) is 0 Å². The molecule has 17 heteroatoms. The first kappa shape index (κ1) is 28.3. The van der Waals surface area contributed by atoms with Crippen LogP contribution in [-0.4, -0.2) is 80.6 Å². The molecule has 0 atom stereocenters. The van der Waals surface area contributed by atoms with E-state index in [1.807, 2.05) is 0 Å². The van der Waals surface area contributed by atoms with Gasteiger partial charge in [0.2, 0.25) is 0 Å². The molecule has 4 nitrogen and oxygen atoms in total. The van der Waals surface area contributed by atoms with Gasteiger partial charge in [0.15, 0.2) is 0 Å². The second kappa shape index (κ2) is 8.82. The van der Waals surface area contributed by atoms with Crippen molar-refractivity contribution in [3.8, 4) is 0 Å². The molecule has 0 aliphatic heterocycles. The summed E-state index contributed by atoms with van der Waals surface area (Å²) in [4.78, 5) is 12.6. The third-order valence-corrected chi connectivity index (χ3v) is 3.48. The molecule has 0 fully saturated rings. The van der Waals surface area contributed by atoms with Crippen molar-refractivity contribution >= 4 is 6.09 Å². The molecule has 0 saturated carbocycles. The number of rotatable bonds is 10. The fourth-order valence-electron chi connectivity index (χ4n) is 1.65. The monoisotopic (exact) mass is 478 g/mol. The molecule has 0 aromatic carbocycles. The molecule has 0 aromatic rings. The number of likely N-dealkylation sites (N-methyl/N-ethyl adjacent to an activating group) is 1. The summed E-state index contributed by atoms with van der Waals surface area (Å²) in [5.74, 6) is -37.1. The average molecular weight is 478 g/mol. The number of ether oxygens (including phenoxy) is 1. The molecule has 0 radical (unpaired) electrons. The number of nitrogens with zero attached hydrogens (tertiary/aromatic N) is 1. The molecule has 1 amide bonds. The van der Waals surface area contributed by atoms with Crippen molar-refractivity contribution in [1.29, 1.82) is 0 Å². The average Bonchev–Trinajstić information content (AvgIpc) is 2.52. The van der Waals surface area contributed by atoms with Gasteiger partial charge in [0.05, 0.1) is 0 Å². The highest BCUT2D eigenvalue weighted by atomic mass is 19.4. The van der Waals surface area contributed by atoms with Crippen molar-refractivity contribution < 1.29 is 66.6 Å². The molecule has 0 aliphatic carbocycles. The first-order chi connectivity index (χ1) is 13.1. The van der Waals surface area contributed by atoms with Crippen LogP contribution in [0, 0.1) is 0 Å². The number of amides is 1. The van der Waals surface area contributed by atoms with Crippen LogP contribution in [-0.2, 0) is 4.74 Å². The van der Waals surface area contributed by atoms with E-state index in [-0.39, 0.29) is 13.2 Å². The Morgan fingerprint density at radius 2 is 1.20 bits per heavy atom. The lowest BCUT2D eigenvalue weighted by atomic mass is 9.92. The van der Waals surface area contributed by atoms with E-state index < -0.39 is 54.8 Å². The van der Waals surface area contributed by atoms with Gasteiger partial charge in [-0.3, -0.25) is 0 Å². The van der Waals surface area contributed by atoms with E-state index >= 15 is 0 Å². The molecule has 0 unspecified atom stereocenters. The van der Waals surface area contributed by atoms with Crippen LogP contribution in [0.15, 0.2) is 0 Å². The van der Waals surface area contributed by atoms with Crippen molar-refractivity contribution in [2.75, 3.05) is 33.8 Å². The highest BCUT2D eigenvalue weighted by Gasteiger charge is 2.90. The van der Waals surface area contributed by atoms with Gasteiger partial charge in [0.1, 0.15) is 6.61 Å². The SMILES string of the molecule is CN(C)CCOC(=O)NCCC(F)(F)C(F)(F)C(F)(F)C(F)(F)C(F)(F)C(F)(F)F. The molecular formula is C13H15F13N2O2. The van der Waals surface area contributed by atoms with Crippen LogP contribution >= 0.6 is 0 Å². The maximum atomic E-state index is 13.4. The highest BCUT2D eigenvalue weighted by Crippen LogP contribution is 2.60. The maximum Gasteiger partial charge on any atom is 0.460 e. The summed E-state index contributed by atoms with van der Waals surface area (Å²) < 4.78 is 172. The number of carbonyl (C=O) groups is 1. The van der Waals surface area contributed by atoms with Gasteiger partial charge in [-0.15, -0.1) is 0 Å². The molecule has 180 valence electrons. The third kappa shape index (κ3) is 5.32. The Morgan fingerprint density at radius 1 is 0.767 bits per heavy atom. The Balaban J connectivity index is 5.40. The largest absolute Gasteiger partial charge is 0.460 e. The molecule has 1 N–H and O–H groups in total. The van der Waals surface area contributed by atoms with Gasteiger partial charge < -0.3 is 15.0 Å². The lowest BCUT2D eigenvalue weighted by Gasteiger charge is -2.39. The van der Waals surface area contributed by atoms with E-state index in [4.69, 9.17) is 0 Å². The minimum Gasteiger partial charge on any atom is -0.448 e. The Labute approximate surface area is 160 Å². The Morgan fingerprint density at radius 3 is 1.60 bits per heavy atom. The van der Waals surface area contributed by atoms with Crippen molar-refractivity contribution in [3.63, 3.8) is 0 Å². The zero-order valence-electron chi connectivity index (χ0n) is 15.0. The maximum absolute atomic E-state index is 13.4. The summed E-state index contributed by atoms with van der Waals surface area (Å²) in [6.45, 7) is -1.81. The van der Waals surface area contributed by atoms with Crippen LogP contribution in [0.4, 0.5) is 61.9 Å². The molecular weight excluding hydrogens is 463 g/mol. The second-order valence-electron chi connectivity index (χ2n) is 6.12. The number of alkyl halides is 13. The lowest BCUT2D eigenvalue weighted by Crippen LogP contribution is -2.70. The minimum atomic E-state index is -7.94. The highest BCUT2D eigenvalue weighted by molar-refractivity contribution is 5.67. The number of hydrogen-bond donors (Lipinski definition) is 1. The molecule has 0 aliphatic rings. The molecule has 0 rings (SSSR count). The minimum absolute atomic E-state index is 0.121. The summed E-state index contributed by atoms with van der Waals surface area (Å²) in [7, 11) is 3.06. The van der Waals surface area contributed by atoms with Crippen LogP contribution in [0.25, 0.3) is 0 Å². The van der Waals surface area contributed by atoms with Crippen LogP contribution in [0.5, 0.6) is 0 Å². The molecule has 0 aromatic heterocycles. The van der Waals surface area contributed by atoms with E-state index in [1.165, 1.54) is 24.3 Å². The molecule has 0 heterocycles. The number of hydrogen-bond acceptors (Lipinski definition) is 3. The molecule has 0 bridgehead atoms. The summed E-state index contributed by atoms with van der Waals surface area (Å²) >= 11 is 0. The van der Waals surface area contributed by atoms with E-state index in [0.29, 0.717) is 0 Å². The quantitative estimate of drug-likeness (QED) is 0.474.